The highest BCUT2D eigenvalue weighted by Gasteiger charge is 2.33. The summed E-state index contributed by atoms with van der Waals surface area (Å²) in [6.45, 7) is 5.25. The van der Waals surface area contributed by atoms with E-state index in [-0.39, 0.29) is 5.91 Å². The van der Waals surface area contributed by atoms with Gasteiger partial charge < -0.3 is 5.11 Å². The van der Waals surface area contributed by atoms with Crippen LogP contribution in [0.4, 0.5) is 0 Å². The number of nitrogens with one attached hydrogen (secondary N) is 1. The van der Waals surface area contributed by atoms with Gasteiger partial charge in [0.1, 0.15) is 13.1 Å². The standard InChI is InChI=1S/C15H23N3O2/c1-13(19)16-18(10-8-17(2)9-11-18)12-15(20)14-6-4-3-5-7-14/h3-7,15H,8-12H2,1-2H3,(H,16,19). The minimum absolute atomic E-state index is 0.0742. The SMILES string of the molecule is CC(=O)N[N+]1(CC([O-])c2ccccc2)CCN(C)CC1. The van der Waals surface area contributed by atoms with Crippen LogP contribution in [0.5, 0.6) is 0 Å². The number of rotatable bonds is 4. The number of likely N-dealkylation sites (N-methyl/N-ethyl adjacent to an activating group) is 1. The van der Waals surface area contributed by atoms with E-state index in [2.05, 4.69) is 17.4 Å². The highest BCUT2D eigenvalue weighted by molar-refractivity contribution is 5.71. The molecule has 0 radical (unpaired) electrons. The van der Waals surface area contributed by atoms with Crippen LogP contribution >= 0.6 is 0 Å². The molecule has 1 saturated heterocycles. The molecular formula is C15H23N3O2. The third-order valence-corrected chi connectivity index (χ3v) is 3.90. The molecule has 0 spiro atoms. The zero-order valence-corrected chi connectivity index (χ0v) is 12.2. The van der Waals surface area contributed by atoms with Crippen molar-refractivity contribution in [3.8, 4) is 0 Å². The molecule has 1 aliphatic heterocycles. The molecule has 110 valence electrons. The van der Waals surface area contributed by atoms with Gasteiger partial charge in [-0.15, -0.1) is 0 Å². The number of piperazine rings is 1. The average molecular weight is 277 g/mol. The lowest BCUT2D eigenvalue weighted by atomic mass is 10.1. The van der Waals surface area contributed by atoms with Crippen molar-refractivity contribution in [2.75, 3.05) is 39.8 Å². The van der Waals surface area contributed by atoms with E-state index >= 15 is 0 Å². The minimum atomic E-state index is -0.813. The number of nitrogens with zero attached hydrogens (tertiary/aromatic N) is 2. The predicted octanol–water partition coefficient (Wildman–Crippen LogP) is -0.0987. The molecular weight excluding hydrogens is 254 g/mol. The third-order valence-electron chi connectivity index (χ3n) is 3.90. The van der Waals surface area contributed by atoms with Gasteiger partial charge in [-0.25, -0.2) is 10.0 Å². The number of hydrogen-bond acceptors (Lipinski definition) is 3. The molecule has 0 aliphatic carbocycles. The average Bonchev–Trinajstić information content (AvgIpc) is 2.42. The van der Waals surface area contributed by atoms with Crippen molar-refractivity contribution >= 4 is 5.91 Å². The summed E-state index contributed by atoms with van der Waals surface area (Å²) >= 11 is 0. The smallest absolute Gasteiger partial charge is 0.261 e. The number of carbonyl (C=O) groups excluding carboxylic acids is 1. The van der Waals surface area contributed by atoms with Crippen molar-refractivity contribution in [1.29, 1.82) is 0 Å². The van der Waals surface area contributed by atoms with Crippen LogP contribution in [0.25, 0.3) is 0 Å². The quantitative estimate of drug-likeness (QED) is 0.782. The first-order valence-electron chi connectivity index (χ1n) is 7.05. The van der Waals surface area contributed by atoms with Crippen LogP contribution in [0.1, 0.15) is 18.6 Å². The van der Waals surface area contributed by atoms with Gasteiger partial charge >= 0.3 is 0 Å². The Morgan fingerprint density at radius 1 is 1.35 bits per heavy atom. The Labute approximate surface area is 120 Å². The fourth-order valence-electron chi connectivity index (χ4n) is 2.71. The van der Waals surface area contributed by atoms with Gasteiger partial charge in [0.05, 0.1) is 6.54 Å². The maximum absolute atomic E-state index is 12.5. The summed E-state index contributed by atoms with van der Waals surface area (Å²) in [5.41, 5.74) is 3.77. The van der Waals surface area contributed by atoms with E-state index in [0.29, 0.717) is 11.1 Å². The fourth-order valence-corrected chi connectivity index (χ4v) is 2.71. The van der Waals surface area contributed by atoms with E-state index in [1.807, 2.05) is 30.3 Å². The van der Waals surface area contributed by atoms with Crippen molar-refractivity contribution in [3.63, 3.8) is 0 Å². The lowest BCUT2D eigenvalue weighted by Gasteiger charge is -2.45. The monoisotopic (exact) mass is 277 g/mol. The Balaban J connectivity index is 2.10. The minimum Gasteiger partial charge on any atom is -0.844 e. The molecule has 1 N–H and O–H groups in total. The molecule has 1 aromatic carbocycles. The van der Waals surface area contributed by atoms with E-state index in [4.69, 9.17) is 0 Å². The van der Waals surface area contributed by atoms with E-state index in [0.717, 1.165) is 31.7 Å². The summed E-state index contributed by atoms with van der Waals surface area (Å²) in [7, 11) is 2.06. The van der Waals surface area contributed by atoms with Crippen LogP contribution in [-0.2, 0) is 4.79 Å². The molecule has 0 saturated carbocycles. The Bertz CT molecular complexity index is 442. The van der Waals surface area contributed by atoms with Crippen LogP contribution in [0.2, 0.25) is 0 Å². The van der Waals surface area contributed by atoms with E-state index < -0.39 is 6.10 Å². The van der Waals surface area contributed by atoms with Crippen molar-refractivity contribution in [1.82, 2.24) is 10.3 Å². The lowest BCUT2D eigenvalue weighted by molar-refractivity contribution is -0.972. The summed E-state index contributed by atoms with van der Waals surface area (Å²) in [6, 6.07) is 9.39. The van der Waals surface area contributed by atoms with Crippen molar-refractivity contribution in [3.05, 3.63) is 35.9 Å². The van der Waals surface area contributed by atoms with Gasteiger partial charge in [-0.05, 0) is 13.2 Å². The fraction of sp³-hybridized carbons (Fsp3) is 0.533. The van der Waals surface area contributed by atoms with E-state index in [9.17, 15) is 9.90 Å². The van der Waals surface area contributed by atoms with Gasteiger partial charge in [-0.3, -0.25) is 9.69 Å². The first kappa shape index (κ1) is 15.0. The topological polar surface area (TPSA) is 55.4 Å². The first-order chi connectivity index (χ1) is 9.51. The molecule has 0 aromatic heterocycles. The molecule has 1 aromatic rings. The van der Waals surface area contributed by atoms with Crippen molar-refractivity contribution < 1.29 is 14.5 Å². The second kappa shape index (κ2) is 6.35. The van der Waals surface area contributed by atoms with E-state index in [1.54, 1.807) is 0 Å². The molecule has 1 amide bonds. The highest BCUT2D eigenvalue weighted by Crippen LogP contribution is 2.17. The second-order valence-corrected chi connectivity index (χ2v) is 5.65. The Morgan fingerprint density at radius 2 is 1.95 bits per heavy atom. The Kier molecular flexibility index (Phi) is 4.75. The molecule has 1 heterocycles. The summed E-state index contributed by atoms with van der Waals surface area (Å²) in [4.78, 5) is 13.7. The number of quaternary nitrogens is 1. The van der Waals surface area contributed by atoms with Gasteiger partial charge in [0.2, 0.25) is 0 Å². The van der Waals surface area contributed by atoms with Crippen LogP contribution in [-0.4, -0.2) is 55.2 Å². The second-order valence-electron chi connectivity index (χ2n) is 5.65. The van der Waals surface area contributed by atoms with Gasteiger partial charge in [0.15, 0.2) is 0 Å². The largest absolute Gasteiger partial charge is 0.844 e. The highest BCUT2D eigenvalue weighted by atomic mass is 16.3. The van der Waals surface area contributed by atoms with Crippen LogP contribution < -0.4 is 10.5 Å². The number of hydrogen-bond donors (Lipinski definition) is 1. The summed E-state index contributed by atoms with van der Waals surface area (Å²) in [5.74, 6) is -0.0742. The summed E-state index contributed by atoms with van der Waals surface area (Å²) in [5, 5.41) is 12.5. The molecule has 1 fully saturated rings. The van der Waals surface area contributed by atoms with Crippen LogP contribution in [0, 0.1) is 0 Å². The molecule has 1 atom stereocenters. The number of carbonyl (C=O) groups is 1. The van der Waals surface area contributed by atoms with Crippen LogP contribution in [0.15, 0.2) is 30.3 Å². The zero-order valence-electron chi connectivity index (χ0n) is 12.2. The normalized spacial score (nSPS) is 20.4. The molecule has 1 unspecified atom stereocenters. The maximum atomic E-state index is 12.5. The lowest BCUT2D eigenvalue weighted by Crippen LogP contribution is -2.68. The van der Waals surface area contributed by atoms with Gasteiger partial charge in [-0.2, -0.15) is 0 Å². The third kappa shape index (κ3) is 3.79. The summed E-state index contributed by atoms with van der Waals surface area (Å²) in [6.07, 6.45) is -0.813. The van der Waals surface area contributed by atoms with Crippen molar-refractivity contribution in [2.24, 2.45) is 0 Å². The molecule has 5 heteroatoms. The molecule has 0 bridgehead atoms. The number of amides is 1. The van der Waals surface area contributed by atoms with Gasteiger partial charge in [-0.1, -0.05) is 35.9 Å². The molecule has 2 rings (SSSR count). The maximum Gasteiger partial charge on any atom is 0.261 e. The predicted molar refractivity (Wildman–Crippen MR) is 75.4 cm³/mol. The van der Waals surface area contributed by atoms with Gasteiger partial charge in [0.25, 0.3) is 5.91 Å². The van der Waals surface area contributed by atoms with Crippen LogP contribution in [0.3, 0.4) is 0 Å². The Morgan fingerprint density at radius 3 is 2.50 bits per heavy atom. The first-order valence-corrected chi connectivity index (χ1v) is 7.05. The van der Waals surface area contributed by atoms with Crippen molar-refractivity contribution in [2.45, 2.75) is 13.0 Å². The van der Waals surface area contributed by atoms with Gasteiger partial charge in [0, 0.05) is 20.0 Å². The summed E-state index contributed by atoms with van der Waals surface area (Å²) < 4.78 is 0.392. The zero-order chi connectivity index (χ0) is 14.6. The van der Waals surface area contributed by atoms with E-state index in [1.165, 1.54) is 6.92 Å². The molecule has 1 aliphatic rings. The number of benzene rings is 1. The molecule has 20 heavy (non-hydrogen) atoms. The Hall–Kier alpha value is -1.43. The molecule has 5 nitrogen and oxygen atoms in total.